The highest BCUT2D eigenvalue weighted by molar-refractivity contribution is 9.10. The van der Waals surface area contributed by atoms with Gasteiger partial charge in [-0.2, -0.15) is 0 Å². The predicted octanol–water partition coefficient (Wildman–Crippen LogP) is 4.09. The van der Waals surface area contributed by atoms with E-state index in [1.165, 1.54) is 5.56 Å². The third-order valence-electron chi connectivity index (χ3n) is 3.08. The molecule has 100 valence electrons. The maximum atomic E-state index is 5.98. The van der Waals surface area contributed by atoms with Crippen LogP contribution in [0.25, 0.3) is 0 Å². The molecule has 0 spiro atoms. The van der Waals surface area contributed by atoms with Crippen molar-refractivity contribution < 1.29 is 4.74 Å². The second-order valence-electron chi connectivity index (χ2n) is 4.36. The molecule has 19 heavy (non-hydrogen) atoms. The quantitative estimate of drug-likeness (QED) is 0.900. The van der Waals surface area contributed by atoms with Crippen LogP contribution >= 0.6 is 15.9 Å². The van der Waals surface area contributed by atoms with Crippen molar-refractivity contribution in [2.75, 3.05) is 6.54 Å². The number of rotatable bonds is 5. The van der Waals surface area contributed by atoms with Gasteiger partial charge in [0, 0.05) is 16.6 Å². The first kappa shape index (κ1) is 14.1. The molecule has 0 saturated carbocycles. The van der Waals surface area contributed by atoms with E-state index >= 15 is 0 Å². The number of aryl methyl sites for hydroxylation is 1. The number of ether oxygens (including phenoxy) is 1. The summed E-state index contributed by atoms with van der Waals surface area (Å²) in [6.45, 7) is 2.58. The van der Waals surface area contributed by atoms with Crippen molar-refractivity contribution in [3.05, 3.63) is 64.1 Å². The maximum Gasteiger partial charge on any atom is 0.137 e. The van der Waals surface area contributed by atoms with E-state index in [9.17, 15) is 0 Å². The van der Waals surface area contributed by atoms with E-state index in [1.807, 2.05) is 36.4 Å². The van der Waals surface area contributed by atoms with Crippen molar-refractivity contribution in [1.82, 2.24) is 0 Å². The van der Waals surface area contributed by atoms with Gasteiger partial charge in [-0.05, 0) is 30.2 Å². The van der Waals surface area contributed by atoms with Gasteiger partial charge in [0.25, 0.3) is 0 Å². The molecule has 0 aliphatic rings. The van der Waals surface area contributed by atoms with Gasteiger partial charge in [0.05, 0.1) is 0 Å². The molecule has 2 nitrogen and oxygen atoms in total. The van der Waals surface area contributed by atoms with Crippen molar-refractivity contribution in [3.8, 4) is 5.75 Å². The Morgan fingerprint density at radius 2 is 1.79 bits per heavy atom. The van der Waals surface area contributed by atoms with Gasteiger partial charge in [0.15, 0.2) is 0 Å². The topological polar surface area (TPSA) is 35.2 Å². The molecule has 2 aromatic rings. The Kier molecular flexibility index (Phi) is 5.00. The van der Waals surface area contributed by atoms with Gasteiger partial charge >= 0.3 is 0 Å². The molecule has 1 unspecified atom stereocenters. The molecule has 2 rings (SSSR count). The lowest BCUT2D eigenvalue weighted by atomic mass is 10.1. The number of nitrogens with two attached hydrogens (primary N) is 1. The van der Waals surface area contributed by atoms with E-state index in [4.69, 9.17) is 10.5 Å². The van der Waals surface area contributed by atoms with Gasteiger partial charge in [-0.25, -0.2) is 0 Å². The van der Waals surface area contributed by atoms with Crippen LogP contribution < -0.4 is 10.5 Å². The molecular formula is C16H18BrNO. The van der Waals surface area contributed by atoms with Gasteiger partial charge in [-0.1, -0.05) is 53.2 Å². The number of benzene rings is 2. The lowest BCUT2D eigenvalue weighted by Crippen LogP contribution is -2.18. The Balaban J connectivity index is 2.17. The van der Waals surface area contributed by atoms with Crippen LogP contribution in [0.3, 0.4) is 0 Å². The van der Waals surface area contributed by atoms with E-state index in [1.54, 1.807) is 0 Å². The molecular weight excluding hydrogens is 302 g/mol. The standard InChI is InChI=1S/C16H18BrNO/c1-2-12-7-9-13(10-8-12)19-16(11-18)14-5-3-4-6-15(14)17/h3-10,16H,2,11,18H2,1H3. The smallest absolute Gasteiger partial charge is 0.137 e. The summed E-state index contributed by atoms with van der Waals surface area (Å²) >= 11 is 3.54. The molecule has 0 fully saturated rings. The summed E-state index contributed by atoms with van der Waals surface area (Å²) in [7, 11) is 0. The van der Waals surface area contributed by atoms with Gasteiger partial charge in [0.1, 0.15) is 11.9 Å². The monoisotopic (exact) mass is 319 g/mol. The van der Waals surface area contributed by atoms with E-state index in [-0.39, 0.29) is 6.10 Å². The Bertz CT molecular complexity index is 525. The maximum absolute atomic E-state index is 5.98. The van der Waals surface area contributed by atoms with Crippen LogP contribution in [0.5, 0.6) is 5.75 Å². The third kappa shape index (κ3) is 3.58. The fourth-order valence-electron chi connectivity index (χ4n) is 1.94. The number of hydrogen-bond donors (Lipinski definition) is 1. The minimum absolute atomic E-state index is 0.136. The van der Waals surface area contributed by atoms with Gasteiger partial charge in [-0.15, -0.1) is 0 Å². The van der Waals surface area contributed by atoms with Crippen LogP contribution in [0.4, 0.5) is 0 Å². The zero-order chi connectivity index (χ0) is 13.7. The fourth-order valence-corrected chi connectivity index (χ4v) is 2.48. The molecule has 2 N–H and O–H groups in total. The largest absolute Gasteiger partial charge is 0.484 e. The lowest BCUT2D eigenvalue weighted by Gasteiger charge is -2.19. The minimum Gasteiger partial charge on any atom is -0.484 e. The van der Waals surface area contributed by atoms with Crippen LogP contribution in [-0.4, -0.2) is 6.54 Å². The molecule has 3 heteroatoms. The highest BCUT2D eigenvalue weighted by Crippen LogP contribution is 2.27. The molecule has 0 radical (unpaired) electrons. The molecule has 0 aromatic heterocycles. The summed E-state index contributed by atoms with van der Waals surface area (Å²) in [6.07, 6.45) is 0.897. The normalized spacial score (nSPS) is 12.2. The Hall–Kier alpha value is -1.32. The van der Waals surface area contributed by atoms with Gasteiger partial charge < -0.3 is 10.5 Å². The molecule has 2 aromatic carbocycles. The SMILES string of the molecule is CCc1ccc(OC(CN)c2ccccc2Br)cc1. The molecule has 0 aliphatic heterocycles. The fraction of sp³-hybridized carbons (Fsp3) is 0.250. The molecule has 1 atom stereocenters. The van der Waals surface area contributed by atoms with Crippen LogP contribution in [0, 0.1) is 0 Å². The van der Waals surface area contributed by atoms with Crippen molar-refractivity contribution in [3.63, 3.8) is 0 Å². The summed E-state index contributed by atoms with van der Waals surface area (Å²) in [4.78, 5) is 0. The summed E-state index contributed by atoms with van der Waals surface area (Å²) in [5, 5.41) is 0. The van der Waals surface area contributed by atoms with Crippen LogP contribution in [-0.2, 0) is 6.42 Å². The van der Waals surface area contributed by atoms with Crippen molar-refractivity contribution >= 4 is 15.9 Å². The average molecular weight is 320 g/mol. The van der Waals surface area contributed by atoms with Crippen molar-refractivity contribution in [1.29, 1.82) is 0 Å². The Morgan fingerprint density at radius 3 is 2.37 bits per heavy atom. The van der Waals surface area contributed by atoms with Gasteiger partial charge in [0.2, 0.25) is 0 Å². The first-order valence-corrected chi connectivity index (χ1v) is 7.24. The third-order valence-corrected chi connectivity index (χ3v) is 3.80. The predicted molar refractivity (Wildman–Crippen MR) is 82.4 cm³/mol. The van der Waals surface area contributed by atoms with E-state index in [2.05, 4.69) is 35.0 Å². The Morgan fingerprint density at radius 1 is 1.11 bits per heavy atom. The second kappa shape index (κ2) is 6.73. The van der Waals surface area contributed by atoms with Crippen LogP contribution in [0.1, 0.15) is 24.2 Å². The average Bonchev–Trinajstić information content (AvgIpc) is 2.46. The van der Waals surface area contributed by atoms with Crippen LogP contribution in [0.2, 0.25) is 0 Å². The van der Waals surface area contributed by atoms with Crippen molar-refractivity contribution in [2.24, 2.45) is 5.73 Å². The van der Waals surface area contributed by atoms with E-state index in [0.717, 1.165) is 22.2 Å². The molecule has 0 heterocycles. The second-order valence-corrected chi connectivity index (χ2v) is 5.22. The number of hydrogen-bond acceptors (Lipinski definition) is 2. The first-order valence-electron chi connectivity index (χ1n) is 6.44. The summed E-state index contributed by atoms with van der Waals surface area (Å²) in [6, 6.07) is 16.2. The van der Waals surface area contributed by atoms with E-state index < -0.39 is 0 Å². The lowest BCUT2D eigenvalue weighted by molar-refractivity contribution is 0.213. The van der Waals surface area contributed by atoms with Crippen molar-refractivity contribution in [2.45, 2.75) is 19.4 Å². The first-order chi connectivity index (χ1) is 9.24. The highest BCUT2D eigenvalue weighted by Gasteiger charge is 2.14. The summed E-state index contributed by atoms with van der Waals surface area (Å²) < 4.78 is 7.00. The number of halogens is 1. The van der Waals surface area contributed by atoms with Crippen LogP contribution in [0.15, 0.2) is 53.0 Å². The zero-order valence-electron chi connectivity index (χ0n) is 11.0. The molecule has 0 aliphatic carbocycles. The van der Waals surface area contributed by atoms with Gasteiger partial charge in [-0.3, -0.25) is 0 Å². The Labute approximate surface area is 122 Å². The summed E-state index contributed by atoms with van der Waals surface area (Å²) in [5.41, 5.74) is 8.21. The highest BCUT2D eigenvalue weighted by atomic mass is 79.9. The summed E-state index contributed by atoms with van der Waals surface area (Å²) in [5.74, 6) is 0.850. The minimum atomic E-state index is -0.136. The molecule has 0 amide bonds. The molecule has 0 saturated heterocycles. The molecule has 0 bridgehead atoms. The van der Waals surface area contributed by atoms with E-state index in [0.29, 0.717) is 6.54 Å². The zero-order valence-corrected chi connectivity index (χ0v) is 12.6.